The molecule has 10 heteroatoms. The summed E-state index contributed by atoms with van der Waals surface area (Å²) >= 11 is 0. The van der Waals surface area contributed by atoms with Crippen molar-refractivity contribution in [2.75, 3.05) is 19.7 Å². The first-order valence-electron chi connectivity index (χ1n) is 12.7. The molecule has 0 radical (unpaired) electrons. The Morgan fingerprint density at radius 3 is 2.50 bits per heavy atom. The first-order valence-corrected chi connectivity index (χ1v) is 14.1. The second kappa shape index (κ2) is 11.5. The van der Waals surface area contributed by atoms with Gasteiger partial charge < -0.3 is 15.2 Å². The highest BCUT2D eigenvalue weighted by atomic mass is 32.2. The average Bonchev–Trinajstić information content (AvgIpc) is 2.91. The number of ether oxygens (including phenoxy) is 1. The van der Waals surface area contributed by atoms with E-state index in [9.17, 15) is 18.0 Å². The predicted molar refractivity (Wildman–Crippen MR) is 144 cm³/mol. The molecule has 3 aromatic rings. The van der Waals surface area contributed by atoms with Crippen LogP contribution in [0.4, 0.5) is 0 Å². The molecule has 2 N–H and O–H groups in total. The highest BCUT2D eigenvalue weighted by Crippen LogP contribution is 2.27. The van der Waals surface area contributed by atoms with Crippen LogP contribution in [0.2, 0.25) is 0 Å². The van der Waals surface area contributed by atoms with Crippen LogP contribution in [-0.2, 0) is 14.8 Å². The molecule has 0 spiro atoms. The minimum absolute atomic E-state index is 0.0330. The summed E-state index contributed by atoms with van der Waals surface area (Å²) in [5.41, 5.74) is -0.563. The van der Waals surface area contributed by atoms with Gasteiger partial charge in [-0.2, -0.15) is 4.31 Å². The Bertz CT molecular complexity index is 1390. The first kappa shape index (κ1) is 27.5. The van der Waals surface area contributed by atoms with E-state index in [1.807, 2.05) is 38.1 Å². The van der Waals surface area contributed by atoms with Crippen LogP contribution in [0.3, 0.4) is 0 Å². The molecule has 2 heterocycles. The van der Waals surface area contributed by atoms with E-state index in [0.717, 1.165) is 16.5 Å². The van der Waals surface area contributed by atoms with Crippen molar-refractivity contribution in [1.82, 2.24) is 14.6 Å². The summed E-state index contributed by atoms with van der Waals surface area (Å²) in [7, 11) is -3.73. The number of carbonyl (C=O) groups excluding carboxylic acids is 1. The molecule has 2 aromatic carbocycles. The van der Waals surface area contributed by atoms with Gasteiger partial charge >= 0.3 is 5.97 Å². The molecule has 0 bridgehead atoms. The number of carboxylic acids is 1. The lowest BCUT2D eigenvalue weighted by Crippen LogP contribution is -2.49. The van der Waals surface area contributed by atoms with Gasteiger partial charge in [0.15, 0.2) is 0 Å². The minimum atomic E-state index is -3.73. The van der Waals surface area contributed by atoms with Crippen LogP contribution in [0.5, 0.6) is 5.75 Å². The fourth-order valence-electron chi connectivity index (χ4n) is 4.57. The van der Waals surface area contributed by atoms with Gasteiger partial charge in [-0.15, -0.1) is 0 Å². The van der Waals surface area contributed by atoms with Gasteiger partial charge in [0.2, 0.25) is 15.9 Å². The van der Waals surface area contributed by atoms with E-state index in [1.165, 1.54) is 28.6 Å². The maximum absolute atomic E-state index is 13.0. The van der Waals surface area contributed by atoms with Crippen LogP contribution >= 0.6 is 0 Å². The number of piperidine rings is 1. The van der Waals surface area contributed by atoms with Crippen molar-refractivity contribution in [2.45, 2.75) is 50.5 Å². The maximum Gasteiger partial charge on any atom is 0.335 e. The fraction of sp³-hybridized carbons (Fsp3) is 0.393. The van der Waals surface area contributed by atoms with Crippen LogP contribution in [0.15, 0.2) is 65.8 Å². The molecule has 9 nitrogen and oxygen atoms in total. The molecular formula is C28H33N3O6S. The summed E-state index contributed by atoms with van der Waals surface area (Å²) in [6.07, 6.45) is 5.90. The van der Waals surface area contributed by atoms with Crippen LogP contribution in [0.1, 0.15) is 49.9 Å². The third-order valence-electron chi connectivity index (χ3n) is 6.99. The zero-order chi connectivity index (χ0) is 27.3. The van der Waals surface area contributed by atoms with Gasteiger partial charge in [-0.25, -0.2) is 13.2 Å². The summed E-state index contributed by atoms with van der Waals surface area (Å²) in [6.45, 7) is 4.87. The fourth-order valence-corrected chi connectivity index (χ4v) is 6.04. The minimum Gasteiger partial charge on any atom is -0.493 e. The van der Waals surface area contributed by atoms with Crippen molar-refractivity contribution in [3.05, 3.63) is 66.5 Å². The number of fused-ring (bicyclic) bond motifs is 1. The van der Waals surface area contributed by atoms with Gasteiger partial charge in [-0.1, -0.05) is 26.0 Å². The zero-order valence-electron chi connectivity index (χ0n) is 21.6. The standard InChI is InChI=1S/C28H33N3O6S/c1-28(2,14-4-18-37-25-6-3-5-21-19-29-15-11-24(21)25)27(34)30-22-12-16-31(17-13-22)38(35,36)23-9-7-20(8-10-23)26(32)33/h3,5-11,15,19,22H,4,12-14,16-18H2,1-2H3,(H,30,34)(H,32,33). The number of amides is 1. The summed E-state index contributed by atoms with van der Waals surface area (Å²) in [5, 5.41) is 14.1. The molecular weight excluding hydrogens is 506 g/mol. The second-order valence-corrected chi connectivity index (χ2v) is 12.1. The molecule has 4 rings (SSSR count). The molecule has 202 valence electrons. The molecule has 1 aliphatic heterocycles. The van der Waals surface area contributed by atoms with Crippen LogP contribution in [0, 0.1) is 5.41 Å². The Balaban J connectivity index is 1.24. The normalized spacial score (nSPS) is 15.3. The third-order valence-corrected chi connectivity index (χ3v) is 8.90. The Morgan fingerprint density at radius 1 is 1.11 bits per heavy atom. The lowest BCUT2D eigenvalue weighted by Gasteiger charge is -2.33. The lowest BCUT2D eigenvalue weighted by atomic mass is 9.86. The number of hydrogen-bond acceptors (Lipinski definition) is 6. The third kappa shape index (κ3) is 6.31. The highest BCUT2D eigenvalue weighted by Gasteiger charge is 2.33. The molecule has 0 aliphatic carbocycles. The van der Waals surface area contributed by atoms with Gasteiger partial charge in [0.1, 0.15) is 5.75 Å². The SMILES string of the molecule is CC(C)(CCCOc1cccc2cnccc12)C(=O)NC1CCN(S(=O)(=O)c2ccc(C(=O)O)cc2)CC1. The maximum atomic E-state index is 13.0. The van der Waals surface area contributed by atoms with Crippen molar-refractivity contribution < 1.29 is 27.9 Å². The largest absolute Gasteiger partial charge is 0.493 e. The second-order valence-electron chi connectivity index (χ2n) is 10.2. The van der Waals surface area contributed by atoms with Crippen LogP contribution < -0.4 is 10.1 Å². The molecule has 1 saturated heterocycles. The monoisotopic (exact) mass is 539 g/mol. The predicted octanol–water partition coefficient (Wildman–Crippen LogP) is 4.09. The molecule has 0 saturated carbocycles. The van der Waals surface area contributed by atoms with Gasteiger partial charge in [0.25, 0.3) is 0 Å². The van der Waals surface area contributed by atoms with Crippen molar-refractivity contribution >= 4 is 32.7 Å². The number of aromatic nitrogens is 1. The number of pyridine rings is 1. The summed E-state index contributed by atoms with van der Waals surface area (Å²) in [5.74, 6) is -0.366. The van der Waals surface area contributed by atoms with Gasteiger partial charge in [0.05, 0.1) is 17.1 Å². The smallest absolute Gasteiger partial charge is 0.335 e. The van der Waals surface area contributed by atoms with Crippen molar-refractivity contribution in [3.63, 3.8) is 0 Å². The molecule has 1 amide bonds. The number of carboxylic acid groups (broad SMARTS) is 1. The Hall–Kier alpha value is -3.50. The van der Waals surface area contributed by atoms with Crippen molar-refractivity contribution in [2.24, 2.45) is 5.41 Å². The van der Waals surface area contributed by atoms with Gasteiger partial charge in [-0.05, 0) is 62.1 Å². The number of sulfonamides is 1. The summed E-state index contributed by atoms with van der Waals surface area (Å²) < 4.78 is 33.3. The van der Waals surface area contributed by atoms with E-state index in [2.05, 4.69) is 10.3 Å². The highest BCUT2D eigenvalue weighted by molar-refractivity contribution is 7.89. The molecule has 1 fully saturated rings. The first-order chi connectivity index (χ1) is 18.1. The lowest BCUT2D eigenvalue weighted by molar-refractivity contribution is -0.130. The number of nitrogens with zero attached hydrogens (tertiary/aromatic N) is 2. The molecule has 1 aromatic heterocycles. The zero-order valence-corrected chi connectivity index (χ0v) is 22.4. The Morgan fingerprint density at radius 2 is 1.82 bits per heavy atom. The van der Waals surface area contributed by atoms with E-state index in [4.69, 9.17) is 9.84 Å². The van der Waals surface area contributed by atoms with Gasteiger partial charge in [-0.3, -0.25) is 9.78 Å². The van der Waals surface area contributed by atoms with E-state index in [-0.39, 0.29) is 35.5 Å². The number of carbonyl (C=O) groups is 2. The Kier molecular flexibility index (Phi) is 8.32. The van der Waals surface area contributed by atoms with E-state index in [0.29, 0.717) is 32.3 Å². The van der Waals surface area contributed by atoms with E-state index in [1.54, 1.807) is 12.4 Å². The molecule has 1 aliphatic rings. The van der Waals surface area contributed by atoms with Crippen LogP contribution in [-0.4, -0.2) is 60.4 Å². The number of aromatic carboxylic acids is 1. The molecule has 0 unspecified atom stereocenters. The number of benzene rings is 2. The van der Waals surface area contributed by atoms with Gasteiger partial charge in [0, 0.05) is 47.7 Å². The van der Waals surface area contributed by atoms with E-state index >= 15 is 0 Å². The number of rotatable bonds is 10. The summed E-state index contributed by atoms with van der Waals surface area (Å²) in [4.78, 5) is 28.3. The topological polar surface area (TPSA) is 126 Å². The van der Waals surface area contributed by atoms with E-state index < -0.39 is 21.4 Å². The Labute approximate surface area is 222 Å². The molecule has 0 atom stereocenters. The molecule has 38 heavy (non-hydrogen) atoms. The van der Waals surface area contributed by atoms with Crippen molar-refractivity contribution in [3.8, 4) is 5.75 Å². The van der Waals surface area contributed by atoms with Crippen molar-refractivity contribution in [1.29, 1.82) is 0 Å². The number of nitrogens with one attached hydrogen (secondary N) is 1. The number of hydrogen-bond donors (Lipinski definition) is 2. The quantitative estimate of drug-likeness (QED) is 0.372. The summed E-state index contributed by atoms with van der Waals surface area (Å²) in [6, 6.07) is 12.9. The van der Waals surface area contributed by atoms with Crippen LogP contribution in [0.25, 0.3) is 10.8 Å². The average molecular weight is 540 g/mol.